The molecule has 1 atom stereocenters. The summed E-state index contributed by atoms with van der Waals surface area (Å²) in [6.45, 7) is 6.96. The zero-order chi connectivity index (χ0) is 18.6. The highest BCUT2D eigenvalue weighted by Gasteiger charge is 2.48. The summed E-state index contributed by atoms with van der Waals surface area (Å²) in [5, 5.41) is 0. The number of rotatable bonds is 8. The van der Waals surface area contributed by atoms with Crippen molar-refractivity contribution < 1.29 is 14.3 Å². The maximum Gasteiger partial charge on any atom is 0.236 e. The Bertz CT molecular complexity index is 517. The zero-order valence-corrected chi connectivity index (χ0v) is 16.7. The first-order chi connectivity index (χ1) is 11.9. The topological polar surface area (TPSA) is 42.0 Å². The van der Waals surface area contributed by atoms with E-state index in [1.165, 1.54) is 0 Å². The van der Waals surface area contributed by atoms with E-state index in [-0.39, 0.29) is 11.8 Å². The van der Waals surface area contributed by atoms with Gasteiger partial charge in [-0.25, -0.2) is 0 Å². The molecule has 0 aromatic heterocycles. The van der Waals surface area contributed by atoms with E-state index in [1.54, 1.807) is 14.2 Å². The normalized spacial score (nSPS) is 27.6. The average Bonchev–Trinajstić information content (AvgIpc) is 2.89. The van der Waals surface area contributed by atoms with Crippen LogP contribution in [0.5, 0.6) is 0 Å². The smallest absolute Gasteiger partial charge is 0.236 e. The van der Waals surface area contributed by atoms with Crippen LogP contribution >= 0.6 is 0 Å². The van der Waals surface area contributed by atoms with E-state index in [0.29, 0.717) is 5.92 Å². The summed E-state index contributed by atoms with van der Waals surface area (Å²) in [6.07, 6.45) is 6.93. The van der Waals surface area contributed by atoms with Crippen molar-refractivity contribution in [2.75, 3.05) is 47.9 Å². The van der Waals surface area contributed by atoms with Gasteiger partial charge >= 0.3 is 0 Å². The Morgan fingerprint density at radius 1 is 1.28 bits per heavy atom. The second kappa shape index (κ2) is 8.26. The fourth-order valence-corrected chi connectivity index (χ4v) is 3.92. The molecule has 1 aliphatic heterocycles. The summed E-state index contributed by atoms with van der Waals surface area (Å²) in [4.78, 5) is 17.3. The first-order valence-corrected chi connectivity index (χ1v) is 9.36. The van der Waals surface area contributed by atoms with E-state index in [1.807, 2.05) is 4.90 Å². The maximum atomic E-state index is 13.1. The lowest BCUT2D eigenvalue weighted by atomic mass is 9.74. The Hall–Kier alpha value is -1.49. The van der Waals surface area contributed by atoms with Crippen LogP contribution in [0.25, 0.3) is 0 Å². The number of hydrogen-bond donors (Lipinski definition) is 0. The minimum absolute atomic E-state index is 0.0983. The molecule has 0 aromatic carbocycles. The van der Waals surface area contributed by atoms with E-state index in [9.17, 15) is 4.79 Å². The van der Waals surface area contributed by atoms with Crippen LogP contribution in [-0.2, 0) is 14.3 Å². The highest BCUT2D eigenvalue weighted by molar-refractivity contribution is 5.89. The number of ether oxygens (including phenoxy) is 2. The number of amides is 1. The van der Waals surface area contributed by atoms with Gasteiger partial charge in [0.05, 0.1) is 25.6 Å². The summed E-state index contributed by atoms with van der Waals surface area (Å²) in [5.41, 5.74) is -0.598. The Labute approximate surface area is 152 Å². The van der Waals surface area contributed by atoms with E-state index in [0.717, 1.165) is 50.4 Å². The summed E-state index contributed by atoms with van der Waals surface area (Å²) < 4.78 is 11.4. The van der Waals surface area contributed by atoms with Gasteiger partial charge in [0.15, 0.2) is 0 Å². The number of hydrogen-bond acceptors (Lipinski definition) is 4. The van der Waals surface area contributed by atoms with Crippen LogP contribution in [0.1, 0.15) is 33.1 Å². The molecule has 1 spiro atoms. The maximum absolute atomic E-state index is 13.1. The monoisotopic (exact) mass is 350 g/mol. The molecule has 0 radical (unpaired) electrons. The fraction of sp³-hybridized carbons (Fsp3) is 0.750. The molecule has 5 nitrogen and oxygen atoms in total. The molecule has 1 fully saturated rings. The first-order valence-electron chi connectivity index (χ1n) is 9.36. The number of nitrogens with zero attached hydrogens (tertiary/aromatic N) is 2. The highest BCUT2D eigenvalue weighted by atomic mass is 16.5. The van der Waals surface area contributed by atoms with Crippen LogP contribution < -0.4 is 0 Å². The summed E-state index contributed by atoms with van der Waals surface area (Å²) in [7, 11) is 7.51. The number of methoxy groups -OCH3 is 2. The Morgan fingerprint density at radius 2 is 1.88 bits per heavy atom. The molecular formula is C20H34N2O3. The molecule has 0 bridgehead atoms. The standard InChI is InChI=1S/C20H34N2O3/c1-7-15(2)18-16(24-5)13-20(14-17(18)25-6)9-12-22(19(20)23)11-8-10-21(3)4/h13-15,18H,7-12H2,1-6H3. The third kappa shape index (κ3) is 4.02. The van der Waals surface area contributed by atoms with E-state index in [2.05, 4.69) is 45.0 Å². The van der Waals surface area contributed by atoms with Gasteiger partial charge in [0, 0.05) is 13.1 Å². The van der Waals surface area contributed by atoms with Crippen molar-refractivity contribution in [2.24, 2.45) is 17.3 Å². The third-order valence-corrected chi connectivity index (χ3v) is 5.61. The molecule has 1 saturated heterocycles. The first kappa shape index (κ1) is 19.8. The van der Waals surface area contributed by atoms with Gasteiger partial charge in [-0.3, -0.25) is 4.79 Å². The Kier molecular flexibility index (Phi) is 6.55. The van der Waals surface area contributed by atoms with Crippen molar-refractivity contribution in [1.82, 2.24) is 9.80 Å². The molecule has 1 unspecified atom stereocenters. The lowest BCUT2D eigenvalue weighted by Crippen LogP contribution is -2.37. The van der Waals surface area contributed by atoms with Crippen molar-refractivity contribution in [3.05, 3.63) is 23.7 Å². The molecular weight excluding hydrogens is 316 g/mol. The SMILES string of the molecule is CCC(C)C1C(OC)=CC2(C=C1OC)CCN(CCCN(C)C)C2=O. The molecule has 25 heavy (non-hydrogen) atoms. The molecule has 1 amide bonds. The van der Waals surface area contributed by atoms with Gasteiger partial charge in [0.25, 0.3) is 0 Å². The number of carbonyl (C=O) groups is 1. The van der Waals surface area contributed by atoms with E-state index in [4.69, 9.17) is 9.47 Å². The predicted octanol–water partition coefficient (Wildman–Crippen LogP) is 2.89. The van der Waals surface area contributed by atoms with Gasteiger partial charge in [0.2, 0.25) is 5.91 Å². The van der Waals surface area contributed by atoms with Crippen LogP contribution in [0, 0.1) is 17.3 Å². The Morgan fingerprint density at radius 3 is 2.36 bits per heavy atom. The van der Waals surface area contributed by atoms with E-state index >= 15 is 0 Å². The number of likely N-dealkylation sites (tertiary alicyclic amines) is 1. The lowest BCUT2D eigenvalue weighted by molar-refractivity contribution is -0.132. The van der Waals surface area contributed by atoms with Crippen molar-refractivity contribution >= 4 is 5.91 Å². The third-order valence-electron chi connectivity index (χ3n) is 5.61. The molecule has 5 heteroatoms. The van der Waals surface area contributed by atoms with E-state index < -0.39 is 5.41 Å². The fourth-order valence-electron chi connectivity index (χ4n) is 3.92. The van der Waals surface area contributed by atoms with Gasteiger partial charge in [-0.15, -0.1) is 0 Å². The number of carbonyl (C=O) groups excluding carboxylic acids is 1. The molecule has 1 heterocycles. The van der Waals surface area contributed by atoms with Crippen molar-refractivity contribution in [2.45, 2.75) is 33.1 Å². The molecule has 0 saturated carbocycles. The molecule has 1 aliphatic carbocycles. The van der Waals surface area contributed by atoms with Gasteiger partial charge in [-0.1, -0.05) is 20.3 Å². The van der Waals surface area contributed by atoms with Crippen molar-refractivity contribution in [1.29, 1.82) is 0 Å². The van der Waals surface area contributed by atoms with Crippen LogP contribution in [0.3, 0.4) is 0 Å². The van der Waals surface area contributed by atoms with Crippen molar-refractivity contribution in [3.8, 4) is 0 Å². The van der Waals surface area contributed by atoms with Crippen LogP contribution in [0.2, 0.25) is 0 Å². The predicted molar refractivity (Wildman–Crippen MR) is 99.9 cm³/mol. The largest absolute Gasteiger partial charge is 0.501 e. The minimum atomic E-state index is -0.598. The second-order valence-electron chi connectivity index (χ2n) is 7.60. The van der Waals surface area contributed by atoms with Crippen LogP contribution in [-0.4, -0.2) is 63.7 Å². The molecule has 0 N–H and O–H groups in total. The molecule has 0 aromatic rings. The average molecular weight is 351 g/mol. The van der Waals surface area contributed by atoms with Crippen LogP contribution in [0.15, 0.2) is 23.7 Å². The van der Waals surface area contributed by atoms with Gasteiger partial charge in [-0.05, 0) is 51.6 Å². The van der Waals surface area contributed by atoms with Gasteiger partial charge in [0.1, 0.15) is 11.5 Å². The lowest BCUT2D eigenvalue weighted by Gasteiger charge is -2.34. The molecule has 142 valence electrons. The summed E-state index contributed by atoms with van der Waals surface area (Å²) in [6, 6.07) is 0. The van der Waals surface area contributed by atoms with Crippen LogP contribution in [0.4, 0.5) is 0 Å². The summed E-state index contributed by atoms with van der Waals surface area (Å²) >= 11 is 0. The molecule has 2 rings (SSSR count). The quantitative estimate of drug-likeness (QED) is 0.675. The van der Waals surface area contributed by atoms with Crippen molar-refractivity contribution in [3.63, 3.8) is 0 Å². The molecule has 2 aliphatic rings. The summed E-state index contributed by atoms with van der Waals surface area (Å²) in [5.74, 6) is 2.43. The Balaban J connectivity index is 2.23. The highest BCUT2D eigenvalue weighted by Crippen LogP contribution is 2.46. The van der Waals surface area contributed by atoms with Gasteiger partial charge < -0.3 is 19.3 Å². The second-order valence-corrected chi connectivity index (χ2v) is 7.60. The minimum Gasteiger partial charge on any atom is -0.501 e. The zero-order valence-electron chi connectivity index (χ0n) is 16.7. The van der Waals surface area contributed by atoms with Gasteiger partial charge in [-0.2, -0.15) is 0 Å².